The fraction of sp³-hybridized carbons (Fsp3) is 0.308. The smallest absolute Gasteiger partial charge is 0.123 e. The van der Waals surface area contributed by atoms with Crippen LogP contribution in [0.2, 0.25) is 0 Å². The highest BCUT2D eigenvalue weighted by Crippen LogP contribution is 2.22. The van der Waals surface area contributed by atoms with Crippen LogP contribution in [0.3, 0.4) is 0 Å². The third-order valence-corrected chi connectivity index (χ3v) is 2.86. The van der Waals surface area contributed by atoms with Gasteiger partial charge in [0, 0.05) is 23.5 Å². The SMILES string of the molecule is Cc1cc(C(C)CN)nc2ccc(F)cc12. The lowest BCUT2D eigenvalue weighted by Crippen LogP contribution is -2.10. The molecule has 0 aliphatic carbocycles. The van der Waals surface area contributed by atoms with Gasteiger partial charge in [-0.3, -0.25) is 4.98 Å². The molecule has 84 valence electrons. The molecule has 2 aromatic rings. The van der Waals surface area contributed by atoms with E-state index in [1.165, 1.54) is 12.1 Å². The molecule has 1 heterocycles. The number of fused-ring (bicyclic) bond motifs is 1. The molecule has 2 nitrogen and oxygen atoms in total. The molecule has 2 rings (SSSR count). The highest BCUT2D eigenvalue weighted by atomic mass is 19.1. The summed E-state index contributed by atoms with van der Waals surface area (Å²) in [6.45, 7) is 4.58. The van der Waals surface area contributed by atoms with Crippen LogP contribution < -0.4 is 5.73 Å². The number of pyridine rings is 1. The van der Waals surface area contributed by atoms with Crippen molar-refractivity contribution in [1.82, 2.24) is 4.98 Å². The molecule has 0 aliphatic heterocycles. The molecule has 0 aliphatic rings. The van der Waals surface area contributed by atoms with Crippen molar-refractivity contribution < 1.29 is 4.39 Å². The summed E-state index contributed by atoms with van der Waals surface area (Å²) in [7, 11) is 0. The molecule has 0 radical (unpaired) electrons. The Morgan fingerprint density at radius 1 is 1.38 bits per heavy atom. The summed E-state index contributed by atoms with van der Waals surface area (Å²) in [6.07, 6.45) is 0. The van der Waals surface area contributed by atoms with E-state index in [9.17, 15) is 4.39 Å². The molecule has 1 unspecified atom stereocenters. The first-order chi connectivity index (χ1) is 7.61. The van der Waals surface area contributed by atoms with Gasteiger partial charge in [0.1, 0.15) is 5.82 Å². The summed E-state index contributed by atoms with van der Waals surface area (Å²) in [5, 5.41) is 0.868. The van der Waals surface area contributed by atoms with Gasteiger partial charge in [0.05, 0.1) is 5.52 Å². The van der Waals surface area contributed by atoms with Crippen molar-refractivity contribution in [3.63, 3.8) is 0 Å². The first-order valence-corrected chi connectivity index (χ1v) is 5.38. The van der Waals surface area contributed by atoms with Gasteiger partial charge in [-0.1, -0.05) is 6.92 Å². The normalized spacial score (nSPS) is 13.0. The predicted molar refractivity (Wildman–Crippen MR) is 63.9 cm³/mol. The molecule has 0 fully saturated rings. The van der Waals surface area contributed by atoms with E-state index >= 15 is 0 Å². The lowest BCUT2D eigenvalue weighted by atomic mass is 10.0. The van der Waals surface area contributed by atoms with Crippen LogP contribution in [-0.2, 0) is 0 Å². The van der Waals surface area contributed by atoms with Crippen LogP contribution in [0.5, 0.6) is 0 Å². The van der Waals surface area contributed by atoms with E-state index in [0.717, 1.165) is 22.2 Å². The van der Waals surface area contributed by atoms with Gasteiger partial charge in [-0.25, -0.2) is 4.39 Å². The Hall–Kier alpha value is -1.48. The van der Waals surface area contributed by atoms with Crippen LogP contribution in [0.25, 0.3) is 10.9 Å². The lowest BCUT2D eigenvalue weighted by molar-refractivity contribution is 0.629. The van der Waals surface area contributed by atoms with E-state index in [4.69, 9.17) is 5.73 Å². The van der Waals surface area contributed by atoms with E-state index < -0.39 is 0 Å². The van der Waals surface area contributed by atoms with Crippen LogP contribution >= 0.6 is 0 Å². The summed E-state index contributed by atoms with van der Waals surface area (Å²) in [4.78, 5) is 4.50. The molecule has 1 aromatic carbocycles. The highest BCUT2D eigenvalue weighted by molar-refractivity contribution is 5.82. The van der Waals surface area contributed by atoms with Crippen LogP contribution in [0, 0.1) is 12.7 Å². The number of hydrogen-bond donors (Lipinski definition) is 1. The zero-order valence-electron chi connectivity index (χ0n) is 9.50. The molecule has 3 heteroatoms. The number of aryl methyl sites for hydroxylation is 1. The van der Waals surface area contributed by atoms with Crippen molar-refractivity contribution in [3.05, 3.63) is 41.3 Å². The first-order valence-electron chi connectivity index (χ1n) is 5.38. The third-order valence-electron chi connectivity index (χ3n) is 2.86. The Bertz CT molecular complexity index is 523. The molecule has 1 atom stereocenters. The third kappa shape index (κ3) is 1.91. The summed E-state index contributed by atoms with van der Waals surface area (Å²) in [5.74, 6) is 0.00479. The number of nitrogens with zero attached hydrogens (tertiary/aromatic N) is 1. The fourth-order valence-corrected chi connectivity index (χ4v) is 1.77. The second-order valence-corrected chi connectivity index (χ2v) is 4.16. The molecule has 2 N–H and O–H groups in total. The molecular weight excluding hydrogens is 203 g/mol. The van der Waals surface area contributed by atoms with Crippen molar-refractivity contribution in [2.45, 2.75) is 19.8 Å². The predicted octanol–water partition coefficient (Wildman–Crippen LogP) is 2.74. The van der Waals surface area contributed by atoms with E-state index in [1.54, 1.807) is 6.07 Å². The summed E-state index contributed by atoms with van der Waals surface area (Å²) >= 11 is 0. The minimum atomic E-state index is -0.225. The van der Waals surface area contributed by atoms with Gasteiger partial charge in [0.25, 0.3) is 0 Å². The number of hydrogen-bond acceptors (Lipinski definition) is 2. The second kappa shape index (κ2) is 4.18. The maximum absolute atomic E-state index is 13.1. The maximum Gasteiger partial charge on any atom is 0.123 e. The van der Waals surface area contributed by atoms with E-state index in [1.807, 2.05) is 19.9 Å². The Morgan fingerprint density at radius 2 is 2.12 bits per heavy atom. The molecular formula is C13H15FN2. The van der Waals surface area contributed by atoms with Crippen molar-refractivity contribution in [3.8, 4) is 0 Å². The first kappa shape index (κ1) is 11.0. The number of nitrogens with two attached hydrogens (primary N) is 1. The zero-order valence-corrected chi connectivity index (χ0v) is 9.50. The molecule has 1 aromatic heterocycles. The van der Waals surface area contributed by atoms with E-state index in [2.05, 4.69) is 4.98 Å². The Morgan fingerprint density at radius 3 is 2.81 bits per heavy atom. The van der Waals surface area contributed by atoms with Crippen molar-refractivity contribution >= 4 is 10.9 Å². The summed E-state index contributed by atoms with van der Waals surface area (Å²) in [6, 6.07) is 6.66. The zero-order chi connectivity index (χ0) is 11.7. The number of rotatable bonds is 2. The minimum Gasteiger partial charge on any atom is -0.330 e. The van der Waals surface area contributed by atoms with E-state index in [0.29, 0.717) is 6.54 Å². The summed E-state index contributed by atoms with van der Waals surface area (Å²) < 4.78 is 13.1. The van der Waals surface area contributed by atoms with Crippen molar-refractivity contribution in [2.24, 2.45) is 5.73 Å². The topological polar surface area (TPSA) is 38.9 Å². The maximum atomic E-state index is 13.1. The standard InChI is InChI=1S/C13H15FN2/c1-8-5-13(9(2)7-15)16-12-4-3-10(14)6-11(8)12/h3-6,9H,7,15H2,1-2H3. The van der Waals surface area contributed by atoms with Crippen LogP contribution in [0.4, 0.5) is 4.39 Å². The fourth-order valence-electron chi connectivity index (χ4n) is 1.77. The van der Waals surface area contributed by atoms with Gasteiger partial charge in [-0.15, -0.1) is 0 Å². The quantitative estimate of drug-likeness (QED) is 0.841. The second-order valence-electron chi connectivity index (χ2n) is 4.16. The largest absolute Gasteiger partial charge is 0.330 e. The van der Waals surface area contributed by atoms with Crippen molar-refractivity contribution in [1.29, 1.82) is 0 Å². The molecule has 16 heavy (non-hydrogen) atoms. The number of aromatic nitrogens is 1. The highest BCUT2D eigenvalue weighted by Gasteiger charge is 2.08. The Kier molecular flexibility index (Phi) is 2.88. The average Bonchev–Trinajstić information content (AvgIpc) is 2.28. The van der Waals surface area contributed by atoms with Crippen LogP contribution in [0.15, 0.2) is 24.3 Å². The minimum absolute atomic E-state index is 0.225. The lowest BCUT2D eigenvalue weighted by Gasteiger charge is -2.11. The van der Waals surface area contributed by atoms with Crippen molar-refractivity contribution in [2.75, 3.05) is 6.54 Å². The van der Waals surface area contributed by atoms with Gasteiger partial charge >= 0.3 is 0 Å². The van der Waals surface area contributed by atoms with Gasteiger partial charge in [-0.2, -0.15) is 0 Å². The number of benzene rings is 1. The molecule has 0 saturated carbocycles. The van der Waals surface area contributed by atoms with Crippen LogP contribution in [0.1, 0.15) is 24.1 Å². The van der Waals surface area contributed by atoms with E-state index in [-0.39, 0.29) is 11.7 Å². The van der Waals surface area contributed by atoms with Gasteiger partial charge in [0.15, 0.2) is 0 Å². The Labute approximate surface area is 94.3 Å². The Balaban J connectivity index is 2.63. The summed E-state index contributed by atoms with van der Waals surface area (Å²) in [5.41, 5.74) is 8.47. The van der Waals surface area contributed by atoms with Gasteiger partial charge in [-0.05, 0) is 36.8 Å². The van der Waals surface area contributed by atoms with Gasteiger partial charge in [0.2, 0.25) is 0 Å². The van der Waals surface area contributed by atoms with Gasteiger partial charge < -0.3 is 5.73 Å². The van der Waals surface area contributed by atoms with Crippen LogP contribution in [-0.4, -0.2) is 11.5 Å². The monoisotopic (exact) mass is 218 g/mol. The molecule has 0 saturated heterocycles. The molecule has 0 spiro atoms. The average molecular weight is 218 g/mol. The molecule has 0 amide bonds. The number of halogens is 1. The molecule has 0 bridgehead atoms.